The lowest BCUT2D eigenvalue weighted by atomic mass is 10.1. The van der Waals surface area contributed by atoms with Crippen molar-refractivity contribution in [1.29, 1.82) is 0 Å². The molecule has 0 saturated heterocycles. The second-order valence-corrected chi connectivity index (χ2v) is 12.3. The van der Waals surface area contributed by atoms with E-state index in [4.69, 9.17) is 4.74 Å². The third kappa shape index (κ3) is 5.80. The molecule has 10 heteroatoms. The monoisotopic (exact) mass is 610 g/mol. The van der Waals surface area contributed by atoms with Crippen LogP contribution in [0.4, 0.5) is 11.4 Å². The average molecular weight is 611 g/mol. The van der Waals surface area contributed by atoms with Crippen LogP contribution in [0.5, 0.6) is 0 Å². The van der Waals surface area contributed by atoms with Crippen LogP contribution in [0, 0.1) is 27.7 Å². The van der Waals surface area contributed by atoms with Gasteiger partial charge in [0.25, 0.3) is 10.0 Å². The molecule has 0 atom stereocenters. The number of sulfonamides is 1. The lowest BCUT2D eigenvalue weighted by Gasteiger charge is -2.27. The van der Waals surface area contributed by atoms with Gasteiger partial charge in [-0.2, -0.15) is 5.10 Å². The molecular weight excluding hydrogens is 576 g/mol. The van der Waals surface area contributed by atoms with Gasteiger partial charge in [0.2, 0.25) is 5.91 Å². The summed E-state index contributed by atoms with van der Waals surface area (Å²) in [5.41, 5.74) is 4.89. The number of aromatic nitrogens is 2. The van der Waals surface area contributed by atoms with Gasteiger partial charge >= 0.3 is 5.97 Å². The molecule has 0 aliphatic carbocycles. The van der Waals surface area contributed by atoms with Crippen molar-refractivity contribution in [3.05, 3.63) is 113 Å². The molecule has 0 aliphatic heterocycles. The van der Waals surface area contributed by atoms with Gasteiger partial charge in [-0.25, -0.2) is 17.9 Å². The maximum atomic E-state index is 14.3. The van der Waals surface area contributed by atoms with Crippen LogP contribution in [0.3, 0.4) is 0 Å². The van der Waals surface area contributed by atoms with E-state index in [0.717, 1.165) is 16.5 Å². The molecule has 0 aliphatic rings. The zero-order valence-electron chi connectivity index (χ0n) is 25.3. The summed E-state index contributed by atoms with van der Waals surface area (Å²) in [6.45, 7) is 8.87. The number of esters is 1. The number of carbonyl (C=O) groups is 2. The summed E-state index contributed by atoms with van der Waals surface area (Å²) >= 11 is 0. The first-order valence-electron chi connectivity index (χ1n) is 14.2. The Morgan fingerprint density at radius 2 is 1.57 bits per heavy atom. The molecule has 4 aromatic carbocycles. The van der Waals surface area contributed by atoms with E-state index in [-0.39, 0.29) is 11.5 Å². The van der Waals surface area contributed by atoms with Crippen molar-refractivity contribution in [2.75, 3.05) is 22.8 Å². The molecule has 5 rings (SSSR count). The molecule has 9 nitrogen and oxygen atoms in total. The second-order valence-electron chi connectivity index (χ2n) is 10.5. The first kappa shape index (κ1) is 30.5. The Hall–Kier alpha value is -4.96. The van der Waals surface area contributed by atoms with E-state index in [1.54, 1.807) is 86.1 Å². The molecule has 44 heavy (non-hydrogen) atoms. The van der Waals surface area contributed by atoms with Gasteiger partial charge in [0.05, 0.1) is 34.3 Å². The van der Waals surface area contributed by atoms with Crippen LogP contribution in [0.15, 0.2) is 89.8 Å². The second kappa shape index (κ2) is 12.3. The normalized spacial score (nSPS) is 11.4. The van der Waals surface area contributed by atoms with Crippen molar-refractivity contribution in [1.82, 2.24) is 9.78 Å². The molecule has 0 fully saturated rings. The standard InChI is InChI=1S/C34H34N4O5S/c1-6-43-34(40)33-24(4)36-38(25(33)5)28-19-17-27(18-20-28)35-32(39)21-37(30-15-9-11-22(2)23(30)3)44(41,42)31-16-10-13-26-12-7-8-14-29(26)31/h7-20H,6,21H2,1-5H3,(H,35,39). The van der Waals surface area contributed by atoms with E-state index in [2.05, 4.69) is 10.4 Å². The van der Waals surface area contributed by atoms with Crippen LogP contribution in [0.1, 0.15) is 39.8 Å². The van der Waals surface area contributed by atoms with Gasteiger partial charge in [-0.1, -0.05) is 48.5 Å². The molecule has 0 bridgehead atoms. The van der Waals surface area contributed by atoms with Gasteiger partial charge in [-0.15, -0.1) is 0 Å². The highest BCUT2D eigenvalue weighted by Gasteiger charge is 2.30. The first-order valence-corrected chi connectivity index (χ1v) is 15.7. The molecule has 0 saturated carbocycles. The van der Waals surface area contributed by atoms with Crippen molar-refractivity contribution in [3.8, 4) is 5.69 Å². The summed E-state index contributed by atoms with van der Waals surface area (Å²) in [7, 11) is -4.14. The quantitative estimate of drug-likeness (QED) is 0.197. The molecule has 1 N–H and O–H groups in total. The average Bonchev–Trinajstić information content (AvgIpc) is 3.31. The minimum absolute atomic E-state index is 0.126. The number of rotatable bonds is 9. The molecule has 1 aromatic heterocycles. The van der Waals surface area contributed by atoms with E-state index in [9.17, 15) is 18.0 Å². The van der Waals surface area contributed by atoms with Crippen LogP contribution in [0.25, 0.3) is 16.5 Å². The number of fused-ring (bicyclic) bond motifs is 1. The minimum atomic E-state index is -4.14. The number of amides is 1. The van der Waals surface area contributed by atoms with Crippen LogP contribution in [-0.4, -0.2) is 43.2 Å². The largest absolute Gasteiger partial charge is 0.462 e. The number of hydrogen-bond donors (Lipinski definition) is 1. The van der Waals surface area contributed by atoms with Crippen molar-refractivity contribution >= 4 is 44.0 Å². The maximum absolute atomic E-state index is 14.3. The number of nitrogens with one attached hydrogen (secondary N) is 1. The van der Waals surface area contributed by atoms with Crippen molar-refractivity contribution < 1.29 is 22.7 Å². The van der Waals surface area contributed by atoms with Gasteiger partial charge in [0, 0.05) is 11.1 Å². The fourth-order valence-electron chi connectivity index (χ4n) is 5.25. The molecule has 226 valence electrons. The first-order chi connectivity index (χ1) is 21.0. The molecule has 0 spiro atoms. The fraction of sp³-hybridized carbons (Fsp3) is 0.206. The van der Waals surface area contributed by atoms with Crippen molar-refractivity contribution in [2.45, 2.75) is 39.5 Å². The van der Waals surface area contributed by atoms with E-state index in [0.29, 0.717) is 39.4 Å². The smallest absolute Gasteiger partial charge is 0.341 e. The van der Waals surface area contributed by atoms with E-state index < -0.39 is 28.4 Å². The zero-order valence-corrected chi connectivity index (χ0v) is 26.1. The Morgan fingerprint density at radius 1 is 0.886 bits per heavy atom. The van der Waals surface area contributed by atoms with Crippen LogP contribution < -0.4 is 9.62 Å². The third-order valence-electron chi connectivity index (χ3n) is 7.62. The number of benzene rings is 4. The lowest BCUT2D eigenvalue weighted by molar-refractivity contribution is -0.114. The van der Waals surface area contributed by atoms with Gasteiger partial charge in [-0.3, -0.25) is 9.10 Å². The highest BCUT2D eigenvalue weighted by molar-refractivity contribution is 7.93. The van der Waals surface area contributed by atoms with Gasteiger partial charge in [0.15, 0.2) is 0 Å². The molecular formula is C34H34N4O5S. The predicted octanol–water partition coefficient (Wildman–Crippen LogP) is 6.27. The van der Waals surface area contributed by atoms with Gasteiger partial charge < -0.3 is 10.1 Å². The Kier molecular flexibility index (Phi) is 8.55. The van der Waals surface area contributed by atoms with Gasteiger partial charge in [0.1, 0.15) is 12.1 Å². The summed E-state index contributed by atoms with van der Waals surface area (Å²) in [5.74, 6) is -0.928. The molecule has 0 unspecified atom stereocenters. The SMILES string of the molecule is CCOC(=O)c1c(C)nn(-c2ccc(NC(=O)CN(c3cccc(C)c3C)S(=O)(=O)c3cccc4ccccc34)cc2)c1C. The number of nitrogens with zero attached hydrogens (tertiary/aromatic N) is 3. The summed E-state index contributed by atoms with van der Waals surface area (Å²) in [4.78, 5) is 26.0. The predicted molar refractivity (Wildman–Crippen MR) is 172 cm³/mol. The Morgan fingerprint density at radius 3 is 2.30 bits per heavy atom. The Balaban J connectivity index is 1.44. The highest BCUT2D eigenvalue weighted by Crippen LogP contribution is 2.32. The minimum Gasteiger partial charge on any atom is -0.462 e. The summed E-state index contributed by atoms with van der Waals surface area (Å²) in [6.07, 6.45) is 0. The number of anilines is 2. The summed E-state index contributed by atoms with van der Waals surface area (Å²) in [6, 6.07) is 24.7. The zero-order chi connectivity index (χ0) is 31.6. The highest BCUT2D eigenvalue weighted by atomic mass is 32.2. The number of aryl methyl sites for hydroxylation is 2. The molecule has 1 heterocycles. The molecule has 1 amide bonds. The fourth-order valence-corrected chi connectivity index (χ4v) is 6.95. The van der Waals surface area contributed by atoms with Crippen molar-refractivity contribution in [2.24, 2.45) is 0 Å². The lowest BCUT2D eigenvalue weighted by Crippen LogP contribution is -2.38. The molecule has 5 aromatic rings. The summed E-state index contributed by atoms with van der Waals surface area (Å²) in [5, 5.41) is 8.70. The topological polar surface area (TPSA) is 111 Å². The van der Waals surface area contributed by atoms with Crippen molar-refractivity contribution in [3.63, 3.8) is 0 Å². The molecule has 0 radical (unpaired) electrons. The van der Waals surface area contributed by atoms with Crippen LogP contribution >= 0.6 is 0 Å². The Labute approximate surface area is 257 Å². The van der Waals surface area contributed by atoms with E-state index in [1.807, 2.05) is 38.1 Å². The number of carbonyl (C=O) groups excluding carboxylic acids is 2. The Bertz CT molecular complexity index is 1980. The van der Waals surface area contributed by atoms with E-state index >= 15 is 0 Å². The van der Waals surface area contributed by atoms with E-state index in [1.165, 1.54) is 4.31 Å². The number of hydrogen-bond acceptors (Lipinski definition) is 6. The number of ether oxygens (including phenoxy) is 1. The maximum Gasteiger partial charge on any atom is 0.341 e. The van der Waals surface area contributed by atoms with Crippen LogP contribution in [-0.2, 0) is 19.6 Å². The summed E-state index contributed by atoms with van der Waals surface area (Å²) < 4.78 is 36.5. The third-order valence-corrected chi connectivity index (χ3v) is 9.43. The van der Waals surface area contributed by atoms with Gasteiger partial charge in [-0.05, 0) is 87.5 Å². The van der Waals surface area contributed by atoms with Crippen LogP contribution in [0.2, 0.25) is 0 Å².